The molecule has 0 spiro atoms. The van der Waals surface area contributed by atoms with E-state index in [1.165, 1.54) is 11.3 Å². The zero-order valence-electron chi connectivity index (χ0n) is 11.9. The van der Waals surface area contributed by atoms with E-state index in [4.69, 9.17) is 4.74 Å². The highest BCUT2D eigenvalue weighted by molar-refractivity contribution is 7.16. The van der Waals surface area contributed by atoms with Crippen LogP contribution in [0.2, 0.25) is 0 Å². The number of rotatable bonds is 2. The molecule has 3 heterocycles. The summed E-state index contributed by atoms with van der Waals surface area (Å²) in [7, 11) is 0. The van der Waals surface area contributed by atoms with Gasteiger partial charge >= 0.3 is 0 Å². The normalized spacial score (nSPS) is 18.9. The molecule has 0 amide bonds. The van der Waals surface area contributed by atoms with Crippen molar-refractivity contribution in [2.24, 2.45) is 4.99 Å². The monoisotopic (exact) mass is 313 g/mol. The van der Waals surface area contributed by atoms with Crippen LogP contribution in [0.25, 0.3) is 11.6 Å². The molecule has 112 valence electrons. The minimum Gasteiger partial charge on any atom is -0.492 e. The molecule has 0 aliphatic carbocycles. The molecule has 0 saturated carbocycles. The summed E-state index contributed by atoms with van der Waals surface area (Å²) in [6.07, 6.45) is 3.78. The number of hydrogen-bond donors (Lipinski definition) is 1. The van der Waals surface area contributed by atoms with Crippen LogP contribution < -0.4 is 4.90 Å². The fourth-order valence-corrected chi connectivity index (χ4v) is 3.55. The van der Waals surface area contributed by atoms with Gasteiger partial charge in [-0.15, -0.1) is 0 Å². The Morgan fingerprint density at radius 3 is 2.91 bits per heavy atom. The topological polar surface area (TPSA) is 58.0 Å². The molecule has 1 saturated heterocycles. The average molecular weight is 313 g/mol. The van der Waals surface area contributed by atoms with Crippen molar-refractivity contribution in [3.05, 3.63) is 34.7 Å². The van der Waals surface area contributed by atoms with E-state index in [9.17, 15) is 5.11 Å². The van der Waals surface area contributed by atoms with Gasteiger partial charge < -0.3 is 14.7 Å². The number of ether oxygens (including phenoxy) is 1. The first kappa shape index (κ1) is 13.5. The van der Waals surface area contributed by atoms with Crippen molar-refractivity contribution in [2.45, 2.75) is 0 Å². The second-order valence-electron chi connectivity index (χ2n) is 5.16. The number of benzene rings is 1. The number of aliphatic imine (C=N–C) groups is 1. The minimum absolute atomic E-state index is 0.0803. The van der Waals surface area contributed by atoms with Crippen molar-refractivity contribution in [1.29, 1.82) is 0 Å². The Balaban J connectivity index is 1.65. The van der Waals surface area contributed by atoms with Gasteiger partial charge in [-0.05, 0) is 12.1 Å². The molecule has 0 bridgehead atoms. The van der Waals surface area contributed by atoms with E-state index in [-0.39, 0.29) is 5.88 Å². The van der Waals surface area contributed by atoms with E-state index in [2.05, 4.69) is 14.9 Å². The molecule has 2 aliphatic heterocycles. The maximum atomic E-state index is 10.1. The van der Waals surface area contributed by atoms with E-state index >= 15 is 0 Å². The van der Waals surface area contributed by atoms with Gasteiger partial charge in [-0.25, -0.2) is 0 Å². The first-order valence-electron chi connectivity index (χ1n) is 7.19. The third kappa shape index (κ3) is 2.40. The highest BCUT2D eigenvalue weighted by Crippen LogP contribution is 2.37. The molecule has 1 fully saturated rings. The average Bonchev–Trinajstić information content (AvgIpc) is 3.13. The molecule has 1 aromatic carbocycles. The summed E-state index contributed by atoms with van der Waals surface area (Å²) in [6, 6.07) is 7.99. The zero-order valence-corrected chi connectivity index (χ0v) is 12.7. The number of morpholine rings is 1. The van der Waals surface area contributed by atoms with Gasteiger partial charge in [-0.3, -0.25) is 4.99 Å². The fourth-order valence-electron chi connectivity index (χ4n) is 2.59. The van der Waals surface area contributed by atoms with Crippen molar-refractivity contribution >= 4 is 40.0 Å². The van der Waals surface area contributed by atoms with Gasteiger partial charge in [0.05, 0.1) is 23.8 Å². The molecule has 5 nitrogen and oxygen atoms in total. The molecule has 22 heavy (non-hydrogen) atoms. The van der Waals surface area contributed by atoms with Crippen molar-refractivity contribution in [2.75, 3.05) is 31.2 Å². The molecule has 4 rings (SSSR count). The minimum atomic E-state index is 0.0803. The van der Waals surface area contributed by atoms with Crippen LogP contribution in [0.3, 0.4) is 0 Å². The largest absolute Gasteiger partial charge is 0.492 e. The van der Waals surface area contributed by atoms with Crippen molar-refractivity contribution in [3.8, 4) is 5.88 Å². The Hall–Kier alpha value is -2.18. The Morgan fingerprint density at radius 1 is 1.23 bits per heavy atom. The quantitative estimate of drug-likeness (QED) is 0.926. The van der Waals surface area contributed by atoms with E-state index in [0.29, 0.717) is 13.2 Å². The van der Waals surface area contributed by atoms with Crippen LogP contribution >= 0.6 is 11.3 Å². The summed E-state index contributed by atoms with van der Waals surface area (Å²) >= 11 is 1.50. The van der Waals surface area contributed by atoms with Crippen LogP contribution in [-0.2, 0) is 4.74 Å². The number of anilines is 1. The molecular formula is C16H15N3O2S. The summed E-state index contributed by atoms with van der Waals surface area (Å²) in [4.78, 5) is 11.6. The molecule has 0 unspecified atom stereocenters. The number of aromatic nitrogens is 1. The standard InChI is InChI=1S/C16H15N3O2S/c20-15-14(22-16(18-15)19-5-7-21-8-6-19)9-11-10-17-13-4-2-1-3-12(11)13/h1-4,9-10,20H,5-8H2/b11-9-. The molecule has 1 aromatic heterocycles. The predicted octanol–water partition coefficient (Wildman–Crippen LogP) is 2.94. The number of fused-ring (bicyclic) bond motifs is 1. The molecule has 0 atom stereocenters. The number of nitrogens with zero attached hydrogens (tertiary/aromatic N) is 3. The molecular weight excluding hydrogens is 298 g/mol. The third-order valence-electron chi connectivity index (χ3n) is 3.75. The summed E-state index contributed by atoms with van der Waals surface area (Å²) in [5.41, 5.74) is 3.05. The van der Waals surface area contributed by atoms with Gasteiger partial charge in [0.25, 0.3) is 0 Å². The molecule has 0 radical (unpaired) electrons. The van der Waals surface area contributed by atoms with E-state index in [1.54, 1.807) is 0 Å². The molecule has 2 aliphatic rings. The Kier molecular flexibility index (Phi) is 3.40. The van der Waals surface area contributed by atoms with Crippen LogP contribution in [0.1, 0.15) is 10.4 Å². The maximum absolute atomic E-state index is 10.1. The second kappa shape index (κ2) is 5.55. The SMILES string of the molecule is Oc1nc(N2CCOCC2)sc1/C=C1/C=Nc2ccccc21. The Labute approximate surface area is 132 Å². The highest BCUT2D eigenvalue weighted by atomic mass is 32.1. The second-order valence-corrected chi connectivity index (χ2v) is 6.17. The number of hydrogen-bond acceptors (Lipinski definition) is 6. The van der Waals surface area contributed by atoms with Crippen LogP contribution in [0.15, 0.2) is 29.3 Å². The zero-order chi connectivity index (χ0) is 14.9. The number of thiazole rings is 1. The summed E-state index contributed by atoms with van der Waals surface area (Å²) in [5, 5.41) is 11.0. The lowest BCUT2D eigenvalue weighted by atomic mass is 10.1. The highest BCUT2D eigenvalue weighted by Gasteiger charge is 2.19. The van der Waals surface area contributed by atoms with Gasteiger partial charge in [0.15, 0.2) is 5.13 Å². The molecule has 1 N–H and O–H groups in total. The van der Waals surface area contributed by atoms with Gasteiger partial charge in [0, 0.05) is 30.4 Å². The first-order chi connectivity index (χ1) is 10.8. The number of allylic oxidation sites excluding steroid dienone is 1. The van der Waals surface area contributed by atoms with Gasteiger partial charge in [-0.1, -0.05) is 29.5 Å². The van der Waals surface area contributed by atoms with Gasteiger partial charge in [0.1, 0.15) is 0 Å². The lowest BCUT2D eigenvalue weighted by Crippen LogP contribution is -2.36. The summed E-state index contributed by atoms with van der Waals surface area (Å²) in [6.45, 7) is 3.04. The maximum Gasteiger partial charge on any atom is 0.231 e. The number of para-hydroxylation sites is 1. The van der Waals surface area contributed by atoms with Crippen molar-refractivity contribution < 1.29 is 9.84 Å². The van der Waals surface area contributed by atoms with Crippen LogP contribution in [0.5, 0.6) is 5.88 Å². The van der Waals surface area contributed by atoms with Crippen LogP contribution in [0, 0.1) is 0 Å². The third-order valence-corrected chi connectivity index (χ3v) is 4.80. The Bertz CT molecular complexity index is 761. The summed E-state index contributed by atoms with van der Waals surface area (Å²) in [5.74, 6) is 0.0803. The van der Waals surface area contributed by atoms with E-state index < -0.39 is 0 Å². The van der Waals surface area contributed by atoms with Crippen molar-refractivity contribution in [1.82, 2.24) is 4.98 Å². The lowest BCUT2D eigenvalue weighted by Gasteiger charge is -2.25. The van der Waals surface area contributed by atoms with E-state index in [0.717, 1.165) is 39.9 Å². The van der Waals surface area contributed by atoms with Gasteiger partial charge in [-0.2, -0.15) is 4.98 Å². The number of aromatic hydroxyl groups is 1. The van der Waals surface area contributed by atoms with Crippen LogP contribution in [0.4, 0.5) is 10.8 Å². The summed E-state index contributed by atoms with van der Waals surface area (Å²) < 4.78 is 5.35. The smallest absolute Gasteiger partial charge is 0.231 e. The fraction of sp³-hybridized carbons (Fsp3) is 0.250. The molecule has 6 heteroatoms. The van der Waals surface area contributed by atoms with E-state index in [1.807, 2.05) is 36.6 Å². The lowest BCUT2D eigenvalue weighted by molar-refractivity contribution is 0.122. The first-order valence-corrected chi connectivity index (χ1v) is 8.00. The Morgan fingerprint density at radius 2 is 2.05 bits per heavy atom. The van der Waals surface area contributed by atoms with Gasteiger partial charge in [0.2, 0.25) is 5.88 Å². The predicted molar refractivity (Wildman–Crippen MR) is 89.3 cm³/mol. The van der Waals surface area contributed by atoms with Crippen molar-refractivity contribution in [3.63, 3.8) is 0 Å². The molecule has 2 aromatic rings. The van der Waals surface area contributed by atoms with Crippen LogP contribution in [-0.4, -0.2) is 42.6 Å².